The van der Waals surface area contributed by atoms with Crippen LogP contribution in [0, 0.1) is 0 Å². The molecule has 0 spiro atoms. The summed E-state index contributed by atoms with van der Waals surface area (Å²) < 4.78 is 18.3. The first kappa shape index (κ1) is 29.5. The van der Waals surface area contributed by atoms with E-state index in [2.05, 4.69) is 167 Å². The molecule has 0 radical (unpaired) electrons. The van der Waals surface area contributed by atoms with Crippen molar-refractivity contribution in [2.24, 2.45) is 0 Å². The number of aromatic nitrogens is 2. The van der Waals surface area contributed by atoms with Gasteiger partial charge in [0.15, 0.2) is 0 Å². The predicted molar refractivity (Wildman–Crippen MR) is 241 cm³/mol. The van der Waals surface area contributed by atoms with E-state index in [9.17, 15) is 0 Å². The molecule has 4 heteroatoms. The zero-order valence-corrected chi connectivity index (χ0v) is 30.9. The summed E-state index contributed by atoms with van der Waals surface area (Å²) in [4.78, 5) is 0. The molecule has 9 aromatic carbocycles. The number of nitrogens with zero attached hydrogens (tertiary/aromatic N) is 2. The lowest BCUT2D eigenvalue weighted by Gasteiger charge is -2.15. The summed E-state index contributed by atoms with van der Waals surface area (Å²) in [5.41, 5.74) is 15.7. The number of hydrogen-bond donors (Lipinski definition) is 0. The van der Waals surface area contributed by atoms with Crippen molar-refractivity contribution in [3.63, 3.8) is 0 Å². The molecule has 0 saturated heterocycles. The Bertz CT molecular complexity index is 3960. The minimum atomic E-state index is 0.900. The van der Waals surface area contributed by atoms with Gasteiger partial charge in [-0.2, -0.15) is 0 Å². The second-order valence-electron chi connectivity index (χ2n) is 15.9. The number of fused-ring (bicyclic) bond motifs is 18. The largest absolute Gasteiger partial charge is 0.456 e. The molecule has 0 aliphatic heterocycles. The van der Waals surface area contributed by atoms with Gasteiger partial charge in [-0.1, -0.05) is 133 Å². The van der Waals surface area contributed by atoms with Gasteiger partial charge in [0.1, 0.15) is 22.3 Å². The first-order valence-electron chi connectivity index (χ1n) is 19.9. The van der Waals surface area contributed by atoms with Crippen molar-refractivity contribution < 1.29 is 8.83 Å². The fourth-order valence-corrected chi connectivity index (χ4v) is 10.9. The van der Waals surface area contributed by atoms with Gasteiger partial charge in [0.05, 0.1) is 33.1 Å². The standard InChI is InChI=1S/C54H28N2O2/c1-3-13-29(14-4-1)47-49-35-21-11-19-33-38-26-40-32-18-8-10-24-44(32)58-46(40)28-42(38)56(51(33)35)54(49)48(30-15-5-2-6-16-30)50-36-22-12-20-34-37-25-39-31-17-7-9-23-43(31)57-45(39)27-41(37)55(52(34)36)53(47)50/h1-28H. The van der Waals surface area contributed by atoms with Crippen molar-refractivity contribution in [3.05, 3.63) is 170 Å². The third-order valence-electron chi connectivity index (χ3n) is 13.1. The highest BCUT2D eigenvalue weighted by Gasteiger charge is 2.31. The Hall–Kier alpha value is -7.82. The van der Waals surface area contributed by atoms with E-state index in [1.165, 1.54) is 87.4 Å². The molecular formula is C54H28N2O2. The lowest BCUT2D eigenvalue weighted by molar-refractivity contribution is 0.669. The summed E-state index contributed by atoms with van der Waals surface area (Å²) in [5.74, 6) is 0. The topological polar surface area (TPSA) is 35.1 Å². The van der Waals surface area contributed by atoms with Gasteiger partial charge in [-0.15, -0.1) is 0 Å². The third-order valence-corrected chi connectivity index (χ3v) is 13.1. The van der Waals surface area contributed by atoms with Gasteiger partial charge in [-0.25, -0.2) is 0 Å². The van der Waals surface area contributed by atoms with Crippen LogP contribution in [0.2, 0.25) is 0 Å². The molecule has 15 aromatic rings. The highest BCUT2D eigenvalue weighted by Crippen LogP contribution is 2.54. The molecule has 0 bridgehead atoms. The third kappa shape index (κ3) is 3.38. The van der Waals surface area contributed by atoms with Crippen LogP contribution in [0.1, 0.15) is 0 Å². The predicted octanol–water partition coefficient (Wildman–Crippen LogP) is 15.1. The van der Waals surface area contributed by atoms with Crippen LogP contribution in [0.5, 0.6) is 0 Å². The summed E-state index contributed by atoms with van der Waals surface area (Å²) in [6.45, 7) is 0. The molecule has 0 unspecified atom stereocenters. The second-order valence-corrected chi connectivity index (χ2v) is 15.9. The summed E-state index contributed by atoms with van der Waals surface area (Å²) in [6.07, 6.45) is 0. The summed E-state index contributed by atoms with van der Waals surface area (Å²) in [7, 11) is 0. The van der Waals surface area contributed by atoms with Gasteiger partial charge in [0.25, 0.3) is 0 Å². The Morgan fingerprint density at radius 2 is 0.672 bits per heavy atom. The Kier molecular flexibility index (Phi) is 5.14. The van der Waals surface area contributed by atoms with E-state index in [0.29, 0.717) is 0 Å². The number of hydrogen-bond acceptors (Lipinski definition) is 2. The first-order valence-corrected chi connectivity index (χ1v) is 19.9. The molecule has 58 heavy (non-hydrogen) atoms. The van der Waals surface area contributed by atoms with Gasteiger partial charge in [-0.05, 0) is 35.4 Å². The molecular weight excluding hydrogens is 709 g/mol. The lowest BCUT2D eigenvalue weighted by Crippen LogP contribution is -1.93. The van der Waals surface area contributed by atoms with Crippen LogP contribution in [-0.2, 0) is 0 Å². The van der Waals surface area contributed by atoms with Gasteiger partial charge in [0, 0.05) is 87.9 Å². The van der Waals surface area contributed by atoms with E-state index in [1.807, 2.05) is 12.1 Å². The maximum atomic E-state index is 6.58. The Morgan fingerprint density at radius 1 is 0.276 bits per heavy atom. The van der Waals surface area contributed by atoms with E-state index in [0.717, 1.165) is 54.9 Å². The minimum absolute atomic E-state index is 0.900. The van der Waals surface area contributed by atoms with Crippen molar-refractivity contribution in [2.45, 2.75) is 0 Å². The van der Waals surface area contributed by atoms with Crippen LogP contribution in [0.25, 0.3) is 142 Å². The van der Waals surface area contributed by atoms with Crippen LogP contribution in [0.4, 0.5) is 0 Å². The van der Waals surface area contributed by atoms with Crippen LogP contribution in [-0.4, -0.2) is 8.80 Å². The van der Waals surface area contributed by atoms with Crippen molar-refractivity contribution >= 4 is 120 Å². The van der Waals surface area contributed by atoms with Gasteiger partial charge in [-0.3, -0.25) is 0 Å². The van der Waals surface area contributed by atoms with Gasteiger partial charge >= 0.3 is 0 Å². The fraction of sp³-hybridized carbons (Fsp3) is 0. The number of rotatable bonds is 2. The summed E-state index contributed by atoms with van der Waals surface area (Å²) >= 11 is 0. The normalized spacial score (nSPS) is 12.8. The molecule has 266 valence electrons. The molecule has 0 atom stereocenters. The molecule has 0 fully saturated rings. The van der Waals surface area contributed by atoms with E-state index in [4.69, 9.17) is 8.83 Å². The van der Waals surface area contributed by atoms with Crippen molar-refractivity contribution in [1.82, 2.24) is 8.80 Å². The molecule has 6 aromatic heterocycles. The van der Waals surface area contributed by atoms with Crippen LogP contribution in [0.3, 0.4) is 0 Å². The zero-order chi connectivity index (χ0) is 37.4. The average Bonchev–Trinajstić information content (AvgIpc) is 4.12. The summed E-state index contributed by atoms with van der Waals surface area (Å²) in [6, 6.07) is 61.9. The minimum Gasteiger partial charge on any atom is -0.456 e. The lowest BCUT2D eigenvalue weighted by atomic mass is 9.89. The summed E-state index contributed by atoms with van der Waals surface area (Å²) in [5, 5.41) is 14.5. The Morgan fingerprint density at radius 3 is 1.14 bits per heavy atom. The number of para-hydroxylation sites is 4. The zero-order valence-electron chi connectivity index (χ0n) is 30.9. The maximum absolute atomic E-state index is 6.58. The monoisotopic (exact) mass is 736 g/mol. The Balaban J connectivity index is 1.25. The molecule has 4 nitrogen and oxygen atoms in total. The van der Waals surface area contributed by atoms with E-state index < -0.39 is 0 Å². The molecule has 0 N–H and O–H groups in total. The SMILES string of the molecule is c1ccc(-c2c3c4cccc5c6cc7c(cc6n(c3c(-c3ccccc3)c3c6cccc8c9cc%10c(cc9n(c23)c86)oc2ccccc2%10)c54)oc2ccccc27)cc1. The maximum Gasteiger partial charge on any atom is 0.137 e. The van der Waals surface area contributed by atoms with Crippen LogP contribution >= 0.6 is 0 Å². The van der Waals surface area contributed by atoms with Crippen molar-refractivity contribution in [3.8, 4) is 22.3 Å². The molecule has 0 aliphatic carbocycles. The molecule has 0 aliphatic rings. The molecule has 0 saturated carbocycles. The average molecular weight is 737 g/mol. The van der Waals surface area contributed by atoms with E-state index >= 15 is 0 Å². The highest BCUT2D eigenvalue weighted by molar-refractivity contribution is 6.38. The van der Waals surface area contributed by atoms with Crippen LogP contribution < -0.4 is 0 Å². The number of benzene rings is 9. The van der Waals surface area contributed by atoms with Crippen LogP contribution in [0.15, 0.2) is 179 Å². The molecule has 6 heterocycles. The molecule has 0 amide bonds. The van der Waals surface area contributed by atoms with E-state index in [1.54, 1.807) is 0 Å². The molecule has 15 rings (SSSR count). The first-order chi connectivity index (χ1) is 28.8. The van der Waals surface area contributed by atoms with Crippen molar-refractivity contribution in [1.29, 1.82) is 0 Å². The quantitative estimate of drug-likeness (QED) is 0.177. The highest BCUT2D eigenvalue weighted by atomic mass is 16.3. The van der Waals surface area contributed by atoms with E-state index in [-0.39, 0.29) is 0 Å². The fourth-order valence-electron chi connectivity index (χ4n) is 10.9. The smallest absolute Gasteiger partial charge is 0.137 e. The van der Waals surface area contributed by atoms with Gasteiger partial charge < -0.3 is 17.6 Å². The number of furan rings is 2. The van der Waals surface area contributed by atoms with Gasteiger partial charge in [0.2, 0.25) is 0 Å². The van der Waals surface area contributed by atoms with Crippen molar-refractivity contribution in [2.75, 3.05) is 0 Å². The Labute approximate surface area is 328 Å². The second kappa shape index (κ2) is 10.1.